The highest BCUT2D eigenvalue weighted by atomic mass is 15.0. The third kappa shape index (κ3) is 4.28. The van der Waals surface area contributed by atoms with Gasteiger partial charge in [-0.1, -0.05) is 118 Å². The van der Waals surface area contributed by atoms with Crippen LogP contribution in [0.15, 0.2) is 121 Å². The molecule has 0 radical (unpaired) electrons. The molecule has 1 atom stereocenters. The zero-order valence-corrected chi connectivity index (χ0v) is 26.1. The number of hydrogen-bond acceptors (Lipinski definition) is 0. The summed E-state index contributed by atoms with van der Waals surface area (Å²) in [6.07, 6.45) is 14.8. The van der Waals surface area contributed by atoms with E-state index in [1.807, 2.05) is 0 Å². The summed E-state index contributed by atoms with van der Waals surface area (Å²) in [5, 5.41) is 2.62. The summed E-state index contributed by atoms with van der Waals surface area (Å²) in [5.74, 6) is 0.431. The second-order valence-corrected chi connectivity index (χ2v) is 12.7. The highest BCUT2D eigenvalue weighted by Crippen LogP contribution is 2.53. The van der Waals surface area contributed by atoms with Gasteiger partial charge in [-0.25, -0.2) is 0 Å². The van der Waals surface area contributed by atoms with E-state index in [9.17, 15) is 0 Å². The smallest absolute Gasteiger partial charge is 0.0547 e. The largest absolute Gasteiger partial charge is 0.310 e. The van der Waals surface area contributed by atoms with Gasteiger partial charge in [0, 0.05) is 27.8 Å². The Morgan fingerprint density at radius 2 is 1.67 bits per heavy atom. The van der Waals surface area contributed by atoms with Crippen LogP contribution in [0.1, 0.15) is 75.6 Å². The minimum absolute atomic E-state index is 0.0307. The summed E-state index contributed by atoms with van der Waals surface area (Å²) in [6, 6.07) is 32.0. The van der Waals surface area contributed by atoms with Crippen molar-refractivity contribution in [2.24, 2.45) is 0 Å². The van der Waals surface area contributed by atoms with E-state index in [-0.39, 0.29) is 5.41 Å². The maximum atomic E-state index is 2.49. The molecule has 0 bridgehead atoms. The normalized spacial score (nSPS) is 17.8. The van der Waals surface area contributed by atoms with Gasteiger partial charge in [0.2, 0.25) is 0 Å². The first-order valence-electron chi connectivity index (χ1n) is 15.9. The minimum Gasteiger partial charge on any atom is -0.310 e. The summed E-state index contributed by atoms with van der Waals surface area (Å²) in [6.45, 7) is 11.3. The third-order valence-corrected chi connectivity index (χ3v) is 9.81. The van der Waals surface area contributed by atoms with Crippen molar-refractivity contribution < 1.29 is 0 Å². The first-order valence-corrected chi connectivity index (χ1v) is 15.9. The Kier molecular flexibility index (Phi) is 6.85. The van der Waals surface area contributed by atoms with Gasteiger partial charge in [0.25, 0.3) is 0 Å². The molecule has 43 heavy (non-hydrogen) atoms. The lowest BCUT2D eigenvalue weighted by Gasteiger charge is -2.27. The number of para-hydroxylation sites is 1. The number of rotatable bonds is 6. The maximum Gasteiger partial charge on any atom is 0.0547 e. The average Bonchev–Trinajstić information content (AvgIpc) is 3.49. The van der Waals surface area contributed by atoms with E-state index < -0.39 is 0 Å². The van der Waals surface area contributed by atoms with Gasteiger partial charge in [-0.3, -0.25) is 0 Å². The molecule has 0 spiro atoms. The lowest BCUT2D eigenvalue weighted by atomic mass is 9.77. The maximum absolute atomic E-state index is 2.49. The summed E-state index contributed by atoms with van der Waals surface area (Å²) in [5.41, 5.74) is 15.2. The van der Waals surface area contributed by atoms with Crippen molar-refractivity contribution in [1.82, 2.24) is 4.57 Å². The molecule has 1 heteroatoms. The van der Waals surface area contributed by atoms with Crippen molar-refractivity contribution >= 4 is 33.1 Å². The van der Waals surface area contributed by atoms with Crippen LogP contribution in [0, 0.1) is 0 Å². The van der Waals surface area contributed by atoms with Gasteiger partial charge in [0.15, 0.2) is 0 Å². The van der Waals surface area contributed by atoms with Crippen LogP contribution in [0.4, 0.5) is 0 Å². The Balaban J connectivity index is 1.35. The van der Waals surface area contributed by atoms with E-state index in [1.54, 1.807) is 0 Å². The monoisotopic (exact) mass is 559 g/mol. The van der Waals surface area contributed by atoms with Crippen molar-refractivity contribution in [3.05, 3.63) is 143 Å². The molecule has 1 unspecified atom stereocenters. The molecule has 2 aliphatic carbocycles. The van der Waals surface area contributed by atoms with Gasteiger partial charge < -0.3 is 4.57 Å². The summed E-state index contributed by atoms with van der Waals surface area (Å²) in [4.78, 5) is 0. The van der Waals surface area contributed by atoms with E-state index in [4.69, 9.17) is 0 Å². The molecule has 1 heterocycles. The van der Waals surface area contributed by atoms with Crippen LogP contribution in [-0.2, 0) is 11.8 Å². The molecule has 0 fully saturated rings. The van der Waals surface area contributed by atoms with Gasteiger partial charge in [-0.05, 0) is 95.5 Å². The van der Waals surface area contributed by atoms with E-state index in [0.29, 0.717) is 5.92 Å². The van der Waals surface area contributed by atoms with Crippen LogP contribution in [0.2, 0.25) is 0 Å². The molecule has 1 nitrogen and oxygen atoms in total. The molecule has 0 saturated carbocycles. The van der Waals surface area contributed by atoms with Crippen LogP contribution in [0.5, 0.6) is 0 Å². The minimum atomic E-state index is -0.0307. The Bertz CT molecular complexity index is 2000. The van der Waals surface area contributed by atoms with Gasteiger partial charge >= 0.3 is 0 Å². The zero-order valence-electron chi connectivity index (χ0n) is 26.1. The fourth-order valence-electron chi connectivity index (χ4n) is 7.80. The Morgan fingerprint density at radius 1 is 0.884 bits per heavy atom. The zero-order chi connectivity index (χ0) is 29.7. The lowest BCUT2D eigenvalue weighted by molar-refractivity contribution is 0.649. The van der Waals surface area contributed by atoms with E-state index in [2.05, 4.69) is 154 Å². The van der Waals surface area contributed by atoms with Crippen molar-refractivity contribution in [3.63, 3.8) is 0 Å². The number of hydrogen-bond donors (Lipinski definition) is 0. The molecule has 2 aliphatic rings. The molecular weight excluding hydrogens is 518 g/mol. The van der Waals surface area contributed by atoms with Crippen LogP contribution < -0.4 is 0 Å². The molecular formula is C42H41N. The molecule has 5 aromatic rings. The van der Waals surface area contributed by atoms with E-state index >= 15 is 0 Å². The average molecular weight is 560 g/mol. The number of allylic oxidation sites excluding steroid dienone is 8. The molecule has 0 N–H and O–H groups in total. The third-order valence-electron chi connectivity index (χ3n) is 9.81. The molecule has 0 aliphatic heterocycles. The number of fused-ring (bicyclic) bond motifs is 5. The molecule has 0 amide bonds. The standard InChI is InChI=1S/C42H41N/c1-6-14-28-16-9-10-17-32(28)29-23-25-37-36(26-29)34-24-22-30(27-38(34)42(37,4)5)33-19-13-21-40-41(33)35-18-11-12-20-39(35)43(40)31(8-3)15-7-2/h7-13,15-25,27,29H,6,14,26H2,1-5H3/b15-7-,31-8+. The molecule has 4 aromatic carbocycles. The summed E-state index contributed by atoms with van der Waals surface area (Å²) >= 11 is 0. The Morgan fingerprint density at radius 3 is 2.49 bits per heavy atom. The van der Waals surface area contributed by atoms with E-state index in [1.165, 1.54) is 78.5 Å². The van der Waals surface area contributed by atoms with Crippen molar-refractivity contribution in [2.75, 3.05) is 0 Å². The number of benzene rings is 4. The number of nitrogens with zero attached hydrogens (tertiary/aromatic N) is 1. The highest BCUT2D eigenvalue weighted by Gasteiger charge is 2.39. The molecule has 1 aromatic heterocycles. The quantitative estimate of drug-likeness (QED) is 0.182. The lowest BCUT2D eigenvalue weighted by Crippen LogP contribution is -2.17. The Hall–Kier alpha value is -4.36. The predicted molar refractivity (Wildman–Crippen MR) is 187 cm³/mol. The van der Waals surface area contributed by atoms with Crippen LogP contribution >= 0.6 is 0 Å². The summed E-state index contributed by atoms with van der Waals surface area (Å²) in [7, 11) is 0. The SMILES string of the molecule is C/C=C\C(=C/C)n1c2ccccc2c2c(-c3ccc4c(c3)C(C)(C)C3=C4CC(c4ccccc4CCC)C=C3)cccc21. The molecule has 7 rings (SSSR count). The number of aryl methyl sites for hydroxylation is 1. The van der Waals surface area contributed by atoms with Gasteiger partial charge in [0.1, 0.15) is 0 Å². The van der Waals surface area contributed by atoms with Crippen molar-refractivity contribution in [2.45, 2.75) is 65.2 Å². The van der Waals surface area contributed by atoms with Crippen LogP contribution in [0.3, 0.4) is 0 Å². The van der Waals surface area contributed by atoms with Crippen LogP contribution in [-0.4, -0.2) is 4.57 Å². The first kappa shape index (κ1) is 27.5. The van der Waals surface area contributed by atoms with Crippen LogP contribution in [0.25, 0.3) is 44.2 Å². The number of aromatic nitrogens is 1. The first-order chi connectivity index (χ1) is 21.0. The van der Waals surface area contributed by atoms with Crippen molar-refractivity contribution in [1.29, 1.82) is 0 Å². The van der Waals surface area contributed by atoms with Gasteiger partial charge in [-0.2, -0.15) is 0 Å². The highest BCUT2D eigenvalue weighted by molar-refractivity contribution is 6.16. The van der Waals surface area contributed by atoms with Crippen molar-refractivity contribution in [3.8, 4) is 11.1 Å². The second kappa shape index (κ2) is 10.7. The van der Waals surface area contributed by atoms with E-state index in [0.717, 1.165) is 12.8 Å². The summed E-state index contributed by atoms with van der Waals surface area (Å²) < 4.78 is 2.41. The second-order valence-electron chi connectivity index (χ2n) is 12.7. The predicted octanol–water partition coefficient (Wildman–Crippen LogP) is 11.6. The molecule has 0 saturated heterocycles. The van der Waals surface area contributed by atoms with Gasteiger partial charge in [0.05, 0.1) is 11.0 Å². The molecule has 214 valence electrons. The topological polar surface area (TPSA) is 4.93 Å². The van der Waals surface area contributed by atoms with Gasteiger partial charge in [-0.15, -0.1) is 0 Å². The fourth-order valence-corrected chi connectivity index (χ4v) is 7.80. The fraction of sp³-hybridized carbons (Fsp3) is 0.238. The Labute approximate surface area is 256 Å².